The third-order valence-electron chi connectivity index (χ3n) is 6.83. The van der Waals surface area contributed by atoms with Crippen LogP contribution in [0.25, 0.3) is 0 Å². The summed E-state index contributed by atoms with van der Waals surface area (Å²) in [6.07, 6.45) is 3.30. The Morgan fingerprint density at radius 3 is 2.54 bits per heavy atom. The van der Waals surface area contributed by atoms with Gasteiger partial charge < -0.3 is 9.64 Å². The van der Waals surface area contributed by atoms with Gasteiger partial charge in [-0.15, -0.1) is 0 Å². The number of rotatable bonds is 4. The van der Waals surface area contributed by atoms with Crippen molar-refractivity contribution in [2.45, 2.75) is 22.7 Å². The van der Waals surface area contributed by atoms with E-state index < -0.39 is 17.1 Å². The SMILES string of the molecule is O=C(Cn1c2c(sc1=O)[C@H](c1cccnc1)C1C(=O)N(c3ccc(Cl)cc3)C(=O)C1S2)N1CCOCC1. The number of morpholine rings is 1. The monoisotopic (exact) mass is 556 g/mol. The number of benzene rings is 1. The number of nitrogens with zero attached hydrogens (tertiary/aromatic N) is 4. The van der Waals surface area contributed by atoms with Gasteiger partial charge in [-0.05, 0) is 35.9 Å². The van der Waals surface area contributed by atoms with E-state index >= 15 is 0 Å². The predicted molar refractivity (Wildman–Crippen MR) is 139 cm³/mol. The van der Waals surface area contributed by atoms with Gasteiger partial charge in [-0.1, -0.05) is 40.8 Å². The number of anilines is 1. The molecule has 3 amide bonds. The van der Waals surface area contributed by atoms with Crippen molar-refractivity contribution >= 4 is 58.1 Å². The van der Waals surface area contributed by atoms with E-state index in [1.165, 1.54) is 21.2 Å². The third kappa shape index (κ3) is 4.19. The average molecular weight is 557 g/mol. The Kier molecular flexibility index (Phi) is 6.39. The van der Waals surface area contributed by atoms with Crippen LogP contribution in [0.5, 0.6) is 0 Å². The Balaban J connectivity index is 1.42. The molecule has 2 fully saturated rings. The van der Waals surface area contributed by atoms with E-state index in [0.29, 0.717) is 46.9 Å². The molecule has 0 spiro atoms. The fourth-order valence-corrected chi connectivity index (χ4v) is 7.97. The molecular formula is C25H21ClN4O5S2. The largest absolute Gasteiger partial charge is 0.378 e. The Hall–Kier alpha value is -2.99. The molecule has 37 heavy (non-hydrogen) atoms. The summed E-state index contributed by atoms with van der Waals surface area (Å²) in [5, 5.41) is 0.310. The number of halogens is 1. The number of carbonyl (C=O) groups excluding carboxylic acids is 3. The second kappa shape index (κ2) is 9.71. The summed E-state index contributed by atoms with van der Waals surface area (Å²) < 4.78 is 6.78. The van der Waals surface area contributed by atoms with Crippen LogP contribution in [0.2, 0.25) is 5.02 Å². The number of thiazole rings is 1. The Bertz CT molecular complexity index is 1440. The normalized spacial score (nSPS) is 23.2. The van der Waals surface area contributed by atoms with E-state index in [-0.39, 0.29) is 29.1 Å². The zero-order valence-corrected chi connectivity index (χ0v) is 21.8. The molecule has 5 heterocycles. The number of thioether (sulfide) groups is 1. The molecule has 0 saturated carbocycles. The van der Waals surface area contributed by atoms with Crippen LogP contribution in [0.3, 0.4) is 0 Å². The number of carbonyl (C=O) groups is 3. The number of pyridine rings is 1. The van der Waals surface area contributed by atoms with Crippen LogP contribution in [0.4, 0.5) is 5.69 Å². The summed E-state index contributed by atoms with van der Waals surface area (Å²) in [5.74, 6) is -2.12. The van der Waals surface area contributed by atoms with E-state index in [1.807, 2.05) is 6.07 Å². The van der Waals surface area contributed by atoms with Gasteiger partial charge in [0.2, 0.25) is 17.7 Å². The molecule has 2 saturated heterocycles. The van der Waals surface area contributed by atoms with Gasteiger partial charge in [0.05, 0.1) is 29.8 Å². The maximum Gasteiger partial charge on any atom is 0.308 e. The van der Waals surface area contributed by atoms with Crippen molar-refractivity contribution in [1.29, 1.82) is 0 Å². The summed E-state index contributed by atoms with van der Waals surface area (Å²) in [6.45, 7) is 1.73. The smallest absolute Gasteiger partial charge is 0.308 e. The third-order valence-corrected chi connectivity index (χ3v) is 9.69. The van der Waals surface area contributed by atoms with Crippen LogP contribution < -0.4 is 9.77 Å². The van der Waals surface area contributed by atoms with Crippen molar-refractivity contribution in [2.75, 3.05) is 31.2 Å². The quantitative estimate of drug-likeness (QED) is 0.455. The number of fused-ring (bicyclic) bond motifs is 2. The maximum atomic E-state index is 13.8. The first-order valence-electron chi connectivity index (χ1n) is 11.7. The molecule has 2 unspecified atom stereocenters. The van der Waals surface area contributed by atoms with Gasteiger partial charge in [-0.2, -0.15) is 0 Å². The Labute approximate surface area is 225 Å². The zero-order chi connectivity index (χ0) is 25.7. The number of amides is 3. The van der Waals surface area contributed by atoms with E-state index in [0.717, 1.165) is 16.9 Å². The highest BCUT2D eigenvalue weighted by molar-refractivity contribution is 8.00. The molecular weight excluding hydrogens is 536 g/mol. The zero-order valence-electron chi connectivity index (χ0n) is 19.4. The molecule has 1 aromatic carbocycles. The van der Waals surface area contributed by atoms with E-state index in [4.69, 9.17) is 16.3 Å². The van der Waals surface area contributed by atoms with E-state index in [2.05, 4.69) is 4.98 Å². The highest BCUT2D eigenvalue weighted by atomic mass is 35.5. The Morgan fingerprint density at radius 1 is 1.08 bits per heavy atom. The molecule has 3 aromatic rings. The fraction of sp³-hybridized carbons (Fsp3) is 0.320. The molecule has 12 heteroatoms. The molecule has 0 bridgehead atoms. The summed E-state index contributed by atoms with van der Waals surface area (Å²) in [6, 6.07) is 10.2. The summed E-state index contributed by atoms with van der Waals surface area (Å²) in [4.78, 5) is 61.2. The first-order valence-corrected chi connectivity index (χ1v) is 13.8. The summed E-state index contributed by atoms with van der Waals surface area (Å²) in [7, 11) is 0. The predicted octanol–water partition coefficient (Wildman–Crippen LogP) is 2.61. The number of ether oxygens (including phenoxy) is 1. The number of hydrogen-bond acceptors (Lipinski definition) is 8. The van der Waals surface area contributed by atoms with Crippen LogP contribution in [0.1, 0.15) is 16.4 Å². The van der Waals surface area contributed by atoms with E-state index in [9.17, 15) is 19.2 Å². The minimum atomic E-state index is -0.750. The second-order valence-electron chi connectivity index (χ2n) is 8.93. The van der Waals surface area contributed by atoms with Gasteiger partial charge in [-0.25, -0.2) is 4.90 Å². The van der Waals surface area contributed by atoms with Crippen molar-refractivity contribution in [1.82, 2.24) is 14.5 Å². The minimum absolute atomic E-state index is 0.127. The van der Waals surface area contributed by atoms with Crippen LogP contribution in [-0.2, 0) is 25.7 Å². The van der Waals surface area contributed by atoms with Crippen molar-refractivity contribution in [3.8, 4) is 0 Å². The van der Waals surface area contributed by atoms with Gasteiger partial charge >= 0.3 is 4.87 Å². The first-order chi connectivity index (χ1) is 17.9. The number of aromatic nitrogens is 2. The lowest BCUT2D eigenvalue weighted by Crippen LogP contribution is -2.43. The standard InChI is InChI=1S/C25H21ClN4O5S2/c26-15-3-5-16(6-4-15)30-22(32)19-18(14-2-1-7-27-12-14)21-24(36-20(19)23(30)33)29(25(34)37-21)13-17(31)28-8-10-35-11-9-28/h1-7,12,18-20H,8-11,13H2/t18-,19?,20?/m1/s1. The highest BCUT2D eigenvalue weighted by Gasteiger charge is 2.56. The highest BCUT2D eigenvalue weighted by Crippen LogP contribution is 2.53. The van der Waals surface area contributed by atoms with Crippen LogP contribution in [-0.4, -0.2) is 63.7 Å². The molecule has 190 valence electrons. The van der Waals surface area contributed by atoms with E-state index in [1.54, 1.807) is 47.6 Å². The molecule has 9 nitrogen and oxygen atoms in total. The van der Waals surface area contributed by atoms with Gasteiger partial charge in [0.15, 0.2) is 0 Å². The topological polar surface area (TPSA) is 102 Å². The lowest BCUT2D eigenvalue weighted by atomic mass is 9.84. The molecule has 0 radical (unpaired) electrons. The van der Waals surface area contributed by atoms with Crippen molar-refractivity contribution < 1.29 is 19.1 Å². The van der Waals surface area contributed by atoms with Gasteiger partial charge in [0.1, 0.15) is 11.8 Å². The molecule has 2 aromatic heterocycles. The second-order valence-corrected chi connectivity index (χ2v) is 11.5. The molecule has 3 atom stereocenters. The minimum Gasteiger partial charge on any atom is -0.378 e. The van der Waals surface area contributed by atoms with Gasteiger partial charge in [-0.3, -0.25) is 28.7 Å². The van der Waals surface area contributed by atoms with Crippen molar-refractivity contribution in [2.24, 2.45) is 5.92 Å². The average Bonchev–Trinajstić information content (AvgIpc) is 3.36. The van der Waals surface area contributed by atoms with Crippen molar-refractivity contribution in [3.05, 3.63) is 73.9 Å². The van der Waals surface area contributed by atoms with Crippen molar-refractivity contribution in [3.63, 3.8) is 0 Å². The van der Waals surface area contributed by atoms with Gasteiger partial charge in [0.25, 0.3) is 0 Å². The maximum absolute atomic E-state index is 13.8. The molecule has 0 aliphatic carbocycles. The summed E-state index contributed by atoms with van der Waals surface area (Å²) in [5.41, 5.74) is 1.19. The fourth-order valence-electron chi connectivity index (χ4n) is 5.07. The van der Waals surface area contributed by atoms with Crippen LogP contribution in [0, 0.1) is 5.92 Å². The molecule has 3 aliphatic rings. The molecule has 6 rings (SSSR count). The summed E-state index contributed by atoms with van der Waals surface area (Å²) >= 11 is 8.24. The lowest BCUT2D eigenvalue weighted by Gasteiger charge is -2.31. The van der Waals surface area contributed by atoms with Crippen LogP contribution in [0.15, 0.2) is 58.6 Å². The van der Waals surface area contributed by atoms with Crippen LogP contribution >= 0.6 is 34.7 Å². The number of hydrogen-bond donors (Lipinski definition) is 0. The van der Waals surface area contributed by atoms with Gasteiger partial charge in [0, 0.05) is 41.3 Å². The Morgan fingerprint density at radius 2 is 1.84 bits per heavy atom. The molecule has 0 N–H and O–H groups in total. The first kappa shape index (κ1) is 24.4. The molecule has 3 aliphatic heterocycles. The number of imide groups is 1. The lowest BCUT2D eigenvalue weighted by molar-refractivity contribution is -0.136.